The molecule has 0 aromatic carbocycles. The van der Waals surface area contributed by atoms with Crippen LogP contribution in [0.25, 0.3) is 0 Å². The molecule has 0 rings (SSSR count). The maximum absolute atomic E-state index is 11.4. The molecule has 0 aromatic rings. The van der Waals surface area contributed by atoms with Gasteiger partial charge in [-0.2, -0.15) is 0 Å². The Bertz CT molecular complexity index is 323. The lowest BCUT2D eigenvalue weighted by molar-refractivity contribution is -0.139. The highest BCUT2D eigenvalue weighted by Gasteiger charge is 2.23. The third-order valence-corrected chi connectivity index (χ3v) is 3.25. The molecule has 0 spiro atoms. The molecular weight excluding hydrogens is 234 g/mol. The van der Waals surface area contributed by atoms with Gasteiger partial charge in [0.2, 0.25) is 10.0 Å². The van der Waals surface area contributed by atoms with Gasteiger partial charge < -0.3 is 9.84 Å². The number of hydrogen-bond donors (Lipinski definition) is 2. The molecule has 1 unspecified atom stereocenters. The molecule has 0 aliphatic rings. The van der Waals surface area contributed by atoms with Gasteiger partial charge in [-0.25, -0.2) is 13.1 Å². The van der Waals surface area contributed by atoms with E-state index >= 15 is 0 Å². The van der Waals surface area contributed by atoms with E-state index in [1.165, 1.54) is 6.92 Å². The van der Waals surface area contributed by atoms with E-state index in [2.05, 4.69) is 9.46 Å². The summed E-state index contributed by atoms with van der Waals surface area (Å²) in [6, 6.07) is 0. The van der Waals surface area contributed by atoms with Gasteiger partial charge in [-0.1, -0.05) is 6.92 Å². The van der Waals surface area contributed by atoms with E-state index in [1.54, 1.807) is 13.8 Å². The normalized spacial score (nSPS) is 15.5. The van der Waals surface area contributed by atoms with Crippen LogP contribution in [0.5, 0.6) is 0 Å². The summed E-state index contributed by atoms with van der Waals surface area (Å²) in [6.45, 7) is 4.87. The summed E-state index contributed by atoms with van der Waals surface area (Å²) in [6.07, 6.45) is 0.412. The van der Waals surface area contributed by atoms with Crippen LogP contribution in [0.4, 0.5) is 0 Å². The topological polar surface area (TPSA) is 92.7 Å². The first-order valence-corrected chi connectivity index (χ1v) is 6.73. The Labute approximate surface area is 96.0 Å². The third-order valence-electron chi connectivity index (χ3n) is 2.05. The van der Waals surface area contributed by atoms with Crippen LogP contribution in [0.3, 0.4) is 0 Å². The van der Waals surface area contributed by atoms with E-state index in [9.17, 15) is 18.3 Å². The van der Waals surface area contributed by atoms with Crippen molar-refractivity contribution < 1.29 is 23.1 Å². The van der Waals surface area contributed by atoms with Gasteiger partial charge in [-0.15, -0.1) is 0 Å². The molecule has 0 radical (unpaired) electrons. The molecule has 1 atom stereocenters. The monoisotopic (exact) mass is 253 g/mol. The van der Waals surface area contributed by atoms with Crippen LogP contribution in [0.1, 0.15) is 27.2 Å². The molecule has 0 aromatic heterocycles. The lowest BCUT2D eigenvalue weighted by Crippen LogP contribution is -2.42. The van der Waals surface area contributed by atoms with Crippen LogP contribution in [-0.4, -0.2) is 44.0 Å². The number of carbonyl (C=O) groups is 1. The van der Waals surface area contributed by atoms with Crippen molar-refractivity contribution in [2.45, 2.75) is 32.8 Å². The van der Waals surface area contributed by atoms with Crippen molar-refractivity contribution in [2.75, 3.05) is 18.9 Å². The molecule has 0 heterocycles. The van der Waals surface area contributed by atoms with Gasteiger partial charge in [-0.3, -0.25) is 4.79 Å². The molecule has 0 amide bonds. The predicted octanol–water partition coefficient (Wildman–Crippen LogP) is -0.370. The number of aliphatic hydroxyl groups is 1. The van der Waals surface area contributed by atoms with Crippen LogP contribution in [-0.2, 0) is 19.6 Å². The van der Waals surface area contributed by atoms with E-state index in [1.807, 2.05) is 0 Å². The Kier molecular flexibility index (Phi) is 5.91. The summed E-state index contributed by atoms with van der Waals surface area (Å²) < 4.78 is 29.4. The lowest BCUT2D eigenvalue weighted by Gasteiger charge is -2.21. The summed E-state index contributed by atoms with van der Waals surface area (Å²) in [5, 5.41) is 9.58. The number of ether oxygens (including phenoxy) is 1. The van der Waals surface area contributed by atoms with E-state index in [4.69, 9.17) is 0 Å². The number of rotatable bonds is 7. The Morgan fingerprint density at radius 2 is 2.00 bits per heavy atom. The molecule has 6 nitrogen and oxygen atoms in total. The zero-order chi connectivity index (χ0) is 12.8. The zero-order valence-corrected chi connectivity index (χ0v) is 10.6. The average molecular weight is 253 g/mol. The molecule has 2 N–H and O–H groups in total. The maximum Gasteiger partial charge on any atom is 0.322 e. The number of hydrogen-bond acceptors (Lipinski definition) is 5. The van der Waals surface area contributed by atoms with Crippen molar-refractivity contribution in [1.29, 1.82) is 0 Å². The standard InChI is InChI=1S/C9H19NO5S/c1-4-9(3,12)7-10-16(13,14)6-8(11)15-5-2/h10,12H,4-7H2,1-3H3. The summed E-state index contributed by atoms with van der Waals surface area (Å²) in [5.74, 6) is -1.52. The van der Waals surface area contributed by atoms with Gasteiger partial charge in [-0.05, 0) is 20.3 Å². The second kappa shape index (κ2) is 6.17. The molecule has 0 aliphatic carbocycles. The van der Waals surface area contributed by atoms with Gasteiger partial charge in [0, 0.05) is 6.54 Å². The largest absolute Gasteiger partial charge is 0.465 e. The number of carbonyl (C=O) groups excluding carboxylic acids is 1. The fourth-order valence-electron chi connectivity index (χ4n) is 0.799. The smallest absolute Gasteiger partial charge is 0.322 e. The molecular formula is C9H19NO5S. The predicted molar refractivity (Wildman–Crippen MR) is 59.3 cm³/mol. The maximum atomic E-state index is 11.4. The molecule has 0 saturated carbocycles. The molecule has 16 heavy (non-hydrogen) atoms. The Morgan fingerprint density at radius 3 is 2.44 bits per heavy atom. The minimum Gasteiger partial charge on any atom is -0.465 e. The highest BCUT2D eigenvalue weighted by Crippen LogP contribution is 2.06. The van der Waals surface area contributed by atoms with Gasteiger partial charge in [0.1, 0.15) is 0 Å². The Morgan fingerprint density at radius 1 is 1.44 bits per heavy atom. The second-order valence-electron chi connectivity index (χ2n) is 3.74. The van der Waals surface area contributed by atoms with Crippen molar-refractivity contribution in [2.24, 2.45) is 0 Å². The molecule has 0 saturated heterocycles. The van der Waals surface area contributed by atoms with Crippen LogP contribution in [0, 0.1) is 0 Å². The summed E-state index contributed by atoms with van der Waals surface area (Å²) >= 11 is 0. The highest BCUT2D eigenvalue weighted by molar-refractivity contribution is 7.90. The van der Waals surface area contributed by atoms with Crippen LogP contribution in [0.15, 0.2) is 0 Å². The van der Waals surface area contributed by atoms with Gasteiger partial charge >= 0.3 is 5.97 Å². The van der Waals surface area contributed by atoms with E-state index in [0.717, 1.165) is 0 Å². The fraction of sp³-hybridized carbons (Fsp3) is 0.889. The van der Waals surface area contributed by atoms with Crippen LogP contribution in [0.2, 0.25) is 0 Å². The summed E-state index contributed by atoms with van der Waals surface area (Å²) in [5.41, 5.74) is -1.11. The zero-order valence-electron chi connectivity index (χ0n) is 9.82. The van der Waals surface area contributed by atoms with Gasteiger partial charge in [0.15, 0.2) is 5.75 Å². The van der Waals surface area contributed by atoms with E-state index in [0.29, 0.717) is 6.42 Å². The SMILES string of the molecule is CCOC(=O)CS(=O)(=O)NCC(C)(O)CC. The fourth-order valence-corrected chi connectivity index (χ4v) is 1.83. The summed E-state index contributed by atoms with van der Waals surface area (Å²) in [7, 11) is -3.73. The van der Waals surface area contributed by atoms with Gasteiger partial charge in [0.05, 0.1) is 12.2 Å². The molecule has 0 fully saturated rings. The number of nitrogens with one attached hydrogen (secondary N) is 1. The van der Waals surface area contributed by atoms with Crippen LogP contribution >= 0.6 is 0 Å². The lowest BCUT2D eigenvalue weighted by atomic mass is 10.1. The number of sulfonamides is 1. The third kappa shape index (κ3) is 6.76. The molecule has 0 aliphatic heterocycles. The minimum absolute atomic E-state index is 0.120. The van der Waals surface area contributed by atoms with Gasteiger partial charge in [0.25, 0.3) is 0 Å². The minimum atomic E-state index is -3.73. The number of esters is 1. The van der Waals surface area contributed by atoms with E-state index in [-0.39, 0.29) is 13.2 Å². The van der Waals surface area contributed by atoms with Crippen molar-refractivity contribution in [1.82, 2.24) is 4.72 Å². The molecule has 7 heteroatoms. The summed E-state index contributed by atoms with van der Waals surface area (Å²) in [4.78, 5) is 10.9. The first kappa shape index (κ1) is 15.3. The Balaban J connectivity index is 4.21. The molecule has 96 valence electrons. The average Bonchev–Trinajstić information content (AvgIpc) is 2.15. The van der Waals surface area contributed by atoms with Crippen molar-refractivity contribution >= 4 is 16.0 Å². The van der Waals surface area contributed by atoms with Crippen molar-refractivity contribution in [3.63, 3.8) is 0 Å². The quantitative estimate of drug-likeness (QED) is 0.604. The van der Waals surface area contributed by atoms with Crippen molar-refractivity contribution in [3.05, 3.63) is 0 Å². The van der Waals surface area contributed by atoms with Crippen LogP contribution < -0.4 is 4.72 Å². The molecule has 0 bridgehead atoms. The first-order valence-electron chi connectivity index (χ1n) is 5.08. The van der Waals surface area contributed by atoms with E-state index < -0.39 is 27.3 Å². The highest BCUT2D eigenvalue weighted by atomic mass is 32.2. The first-order chi connectivity index (χ1) is 7.22. The second-order valence-corrected chi connectivity index (χ2v) is 5.54. The Hall–Kier alpha value is -0.660. The van der Waals surface area contributed by atoms with Crippen molar-refractivity contribution in [3.8, 4) is 0 Å².